The first-order chi connectivity index (χ1) is 9.15. The summed E-state index contributed by atoms with van der Waals surface area (Å²) < 4.78 is 2.22. The Labute approximate surface area is 117 Å². The van der Waals surface area contributed by atoms with Gasteiger partial charge in [-0.3, -0.25) is 0 Å². The summed E-state index contributed by atoms with van der Waals surface area (Å²) in [6, 6.07) is 0. The maximum atomic E-state index is 4.23. The van der Waals surface area contributed by atoms with Crippen LogP contribution in [0.5, 0.6) is 0 Å². The average Bonchev–Trinajstić information content (AvgIpc) is 2.98. The zero-order valence-electron chi connectivity index (χ0n) is 12.8. The van der Waals surface area contributed by atoms with Crippen molar-refractivity contribution in [3.05, 3.63) is 18.2 Å². The summed E-state index contributed by atoms with van der Waals surface area (Å²) in [5.41, 5.74) is 1.87. The van der Waals surface area contributed by atoms with Crippen molar-refractivity contribution >= 4 is 0 Å². The van der Waals surface area contributed by atoms with Crippen molar-refractivity contribution in [3.63, 3.8) is 0 Å². The molecule has 3 heteroatoms. The van der Waals surface area contributed by atoms with Gasteiger partial charge in [-0.15, -0.1) is 0 Å². The Balaban J connectivity index is 1.86. The van der Waals surface area contributed by atoms with Gasteiger partial charge < -0.3 is 9.88 Å². The lowest BCUT2D eigenvalue weighted by Crippen LogP contribution is -2.33. The third-order valence-corrected chi connectivity index (χ3v) is 4.45. The Bertz CT molecular complexity index is 375. The molecule has 1 fully saturated rings. The van der Waals surface area contributed by atoms with Crippen molar-refractivity contribution in [2.45, 2.75) is 66.0 Å². The first-order valence-electron chi connectivity index (χ1n) is 7.85. The molecule has 0 amide bonds. The maximum Gasteiger partial charge on any atom is 0.0948 e. The molecule has 1 N–H and O–H groups in total. The number of aromatic nitrogens is 2. The highest BCUT2D eigenvalue weighted by Crippen LogP contribution is 2.42. The van der Waals surface area contributed by atoms with Gasteiger partial charge in [-0.05, 0) is 37.5 Å². The second-order valence-electron chi connectivity index (χ2n) is 6.58. The number of rotatable bonds is 7. The third kappa shape index (κ3) is 3.82. The van der Waals surface area contributed by atoms with Gasteiger partial charge in [0.25, 0.3) is 0 Å². The minimum absolute atomic E-state index is 0.561. The Morgan fingerprint density at radius 2 is 2.11 bits per heavy atom. The van der Waals surface area contributed by atoms with E-state index in [1.165, 1.54) is 44.3 Å². The molecule has 19 heavy (non-hydrogen) atoms. The number of nitrogens with one attached hydrogen (secondary N) is 1. The van der Waals surface area contributed by atoms with E-state index in [4.69, 9.17) is 0 Å². The van der Waals surface area contributed by atoms with Crippen molar-refractivity contribution in [1.82, 2.24) is 14.9 Å². The SMILES string of the molecule is CCn1cncc1CNCC1(CC(C)C)CCCC1. The predicted octanol–water partition coefficient (Wildman–Crippen LogP) is 3.60. The lowest BCUT2D eigenvalue weighted by molar-refractivity contribution is 0.223. The van der Waals surface area contributed by atoms with Gasteiger partial charge in [0, 0.05) is 25.8 Å². The summed E-state index contributed by atoms with van der Waals surface area (Å²) in [6.45, 7) is 10.0. The monoisotopic (exact) mass is 263 g/mol. The van der Waals surface area contributed by atoms with Crippen LogP contribution in [-0.2, 0) is 13.1 Å². The molecule has 108 valence electrons. The van der Waals surface area contributed by atoms with Gasteiger partial charge in [-0.2, -0.15) is 0 Å². The molecular weight excluding hydrogens is 234 g/mol. The Hall–Kier alpha value is -0.830. The van der Waals surface area contributed by atoms with Gasteiger partial charge >= 0.3 is 0 Å². The highest BCUT2D eigenvalue weighted by molar-refractivity contribution is 4.98. The minimum Gasteiger partial charge on any atom is -0.334 e. The second-order valence-corrected chi connectivity index (χ2v) is 6.58. The van der Waals surface area contributed by atoms with Crippen LogP contribution in [0.2, 0.25) is 0 Å². The third-order valence-electron chi connectivity index (χ3n) is 4.45. The minimum atomic E-state index is 0.561. The molecule has 3 nitrogen and oxygen atoms in total. The fourth-order valence-corrected chi connectivity index (χ4v) is 3.68. The number of aryl methyl sites for hydroxylation is 1. The average molecular weight is 263 g/mol. The lowest BCUT2D eigenvalue weighted by Gasteiger charge is -2.31. The van der Waals surface area contributed by atoms with Gasteiger partial charge in [0.2, 0.25) is 0 Å². The van der Waals surface area contributed by atoms with Crippen molar-refractivity contribution in [1.29, 1.82) is 0 Å². The standard InChI is InChI=1S/C16H29N3/c1-4-19-13-18-11-15(19)10-17-12-16(9-14(2)3)7-5-6-8-16/h11,13-14,17H,4-10,12H2,1-3H3. The van der Waals surface area contributed by atoms with E-state index in [2.05, 4.69) is 35.6 Å². The molecule has 0 aliphatic heterocycles. The van der Waals surface area contributed by atoms with Crippen LogP contribution in [0, 0.1) is 11.3 Å². The molecule has 0 spiro atoms. The van der Waals surface area contributed by atoms with Crippen LogP contribution < -0.4 is 5.32 Å². The summed E-state index contributed by atoms with van der Waals surface area (Å²) in [5, 5.41) is 3.69. The van der Waals surface area contributed by atoms with Gasteiger partial charge in [0.15, 0.2) is 0 Å². The summed E-state index contributed by atoms with van der Waals surface area (Å²) in [6.07, 6.45) is 10.9. The number of hydrogen-bond donors (Lipinski definition) is 1. The molecular formula is C16H29N3. The largest absolute Gasteiger partial charge is 0.334 e. The molecule has 1 aromatic rings. The molecule has 0 saturated heterocycles. The van der Waals surface area contributed by atoms with Crippen molar-refractivity contribution < 1.29 is 0 Å². The quantitative estimate of drug-likeness (QED) is 0.814. The summed E-state index contributed by atoms with van der Waals surface area (Å²) in [7, 11) is 0. The molecule has 2 rings (SSSR count). The maximum absolute atomic E-state index is 4.23. The van der Waals surface area contributed by atoms with Crippen molar-refractivity contribution in [2.24, 2.45) is 11.3 Å². The smallest absolute Gasteiger partial charge is 0.0948 e. The number of nitrogens with zero attached hydrogens (tertiary/aromatic N) is 2. The van der Waals surface area contributed by atoms with Crippen molar-refractivity contribution in [2.75, 3.05) is 6.54 Å². The Morgan fingerprint density at radius 3 is 2.74 bits per heavy atom. The van der Waals surface area contributed by atoms with Crippen LogP contribution in [0.15, 0.2) is 12.5 Å². The molecule has 1 aliphatic carbocycles. The highest BCUT2D eigenvalue weighted by Gasteiger charge is 2.33. The Morgan fingerprint density at radius 1 is 1.37 bits per heavy atom. The lowest BCUT2D eigenvalue weighted by atomic mass is 9.78. The van der Waals surface area contributed by atoms with E-state index >= 15 is 0 Å². The molecule has 0 radical (unpaired) electrons. The normalized spacial score (nSPS) is 18.3. The van der Waals surface area contributed by atoms with E-state index in [9.17, 15) is 0 Å². The highest BCUT2D eigenvalue weighted by atomic mass is 15.1. The molecule has 1 saturated carbocycles. The second kappa shape index (κ2) is 6.56. The van der Waals surface area contributed by atoms with Crippen LogP contribution in [0.1, 0.15) is 58.6 Å². The number of hydrogen-bond acceptors (Lipinski definition) is 2. The van der Waals surface area contributed by atoms with E-state index in [0.29, 0.717) is 5.41 Å². The molecule has 0 atom stereocenters. The predicted molar refractivity (Wildman–Crippen MR) is 80.0 cm³/mol. The summed E-state index contributed by atoms with van der Waals surface area (Å²) in [4.78, 5) is 4.23. The summed E-state index contributed by atoms with van der Waals surface area (Å²) in [5.74, 6) is 0.807. The van der Waals surface area contributed by atoms with E-state index in [1.807, 2.05) is 12.5 Å². The van der Waals surface area contributed by atoms with Crippen LogP contribution >= 0.6 is 0 Å². The zero-order valence-corrected chi connectivity index (χ0v) is 12.8. The zero-order chi connectivity index (χ0) is 13.7. The van der Waals surface area contributed by atoms with Crippen LogP contribution in [0.3, 0.4) is 0 Å². The number of imidazole rings is 1. The van der Waals surface area contributed by atoms with Gasteiger partial charge in [-0.25, -0.2) is 4.98 Å². The molecule has 1 aliphatic rings. The topological polar surface area (TPSA) is 29.9 Å². The molecule has 0 bridgehead atoms. The van der Waals surface area contributed by atoms with Crippen LogP contribution in [0.4, 0.5) is 0 Å². The molecule has 1 aromatic heterocycles. The fourth-order valence-electron chi connectivity index (χ4n) is 3.68. The van der Waals surface area contributed by atoms with Crippen LogP contribution in [-0.4, -0.2) is 16.1 Å². The first kappa shape index (κ1) is 14.6. The van der Waals surface area contributed by atoms with E-state index in [0.717, 1.165) is 19.0 Å². The molecule has 0 aromatic carbocycles. The van der Waals surface area contributed by atoms with E-state index < -0.39 is 0 Å². The van der Waals surface area contributed by atoms with Crippen LogP contribution in [0.25, 0.3) is 0 Å². The van der Waals surface area contributed by atoms with Crippen molar-refractivity contribution in [3.8, 4) is 0 Å². The summed E-state index contributed by atoms with van der Waals surface area (Å²) >= 11 is 0. The molecule has 1 heterocycles. The van der Waals surface area contributed by atoms with Gasteiger partial charge in [0.05, 0.1) is 12.0 Å². The van der Waals surface area contributed by atoms with E-state index in [1.54, 1.807) is 0 Å². The first-order valence-corrected chi connectivity index (χ1v) is 7.85. The van der Waals surface area contributed by atoms with E-state index in [-0.39, 0.29) is 0 Å². The van der Waals surface area contributed by atoms with Gasteiger partial charge in [0.1, 0.15) is 0 Å². The molecule has 0 unspecified atom stereocenters. The Kier molecular flexibility index (Phi) is 5.03. The van der Waals surface area contributed by atoms with Gasteiger partial charge in [-0.1, -0.05) is 26.7 Å². The fraction of sp³-hybridized carbons (Fsp3) is 0.812.